The maximum Gasteiger partial charge on any atom is 0.356 e. The van der Waals surface area contributed by atoms with Crippen LogP contribution in [0.1, 0.15) is 21.9 Å². The van der Waals surface area contributed by atoms with Gasteiger partial charge in [-0.3, -0.25) is 0 Å². The SMILES string of the molecule is Cc1noc(C)c1-c1ccc(Cl)c(C(=O)O)n1. The molecular weight excluding hydrogens is 244 g/mol. The van der Waals surface area contributed by atoms with Crippen LogP contribution in [-0.2, 0) is 0 Å². The third-order valence-corrected chi connectivity index (χ3v) is 2.64. The number of hydrogen-bond acceptors (Lipinski definition) is 4. The third kappa shape index (κ3) is 2.01. The minimum atomic E-state index is -1.16. The van der Waals surface area contributed by atoms with Crippen LogP contribution in [-0.4, -0.2) is 21.2 Å². The molecule has 6 heteroatoms. The molecule has 0 atom stereocenters. The van der Waals surface area contributed by atoms with Gasteiger partial charge in [0.05, 0.1) is 22.0 Å². The topological polar surface area (TPSA) is 76.2 Å². The number of aromatic carboxylic acids is 1. The zero-order valence-corrected chi connectivity index (χ0v) is 9.95. The van der Waals surface area contributed by atoms with E-state index in [0.29, 0.717) is 22.7 Å². The molecule has 0 bridgehead atoms. The van der Waals surface area contributed by atoms with Crippen molar-refractivity contribution in [2.45, 2.75) is 13.8 Å². The van der Waals surface area contributed by atoms with Gasteiger partial charge in [0.15, 0.2) is 5.69 Å². The number of hydrogen-bond donors (Lipinski definition) is 1. The van der Waals surface area contributed by atoms with Crippen LogP contribution in [0.5, 0.6) is 0 Å². The predicted molar refractivity (Wildman–Crippen MR) is 61.2 cm³/mol. The molecule has 0 aliphatic carbocycles. The largest absolute Gasteiger partial charge is 0.476 e. The maximum absolute atomic E-state index is 10.9. The van der Waals surface area contributed by atoms with Gasteiger partial charge in [0.25, 0.3) is 0 Å². The molecule has 0 fully saturated rings. The van der Waals surface area contributed by atoms with Crippen molar-refractivity contribution in [1.29, 1.82) is 0 Å². The summed E-state index contributed by atoms with van der Waals surface area (Å²) in [6.07, 6.45) is 0. The first-order valence-corrected chi connectivity index (χ1v) is 5.21. The van der Waals surface area contributed by atoms with Crippen molar-refractivity contribution >= 4 is 17.6 Å². The number of pyridine rings is 1. The summed E-state index contributed by atoms with van der Waals surface area (Å²) in [7, 11) is 0. The van der Waals surface area contributed by atoms with Crippen LogP contribution in [0.4, 0.5) is 0 Å². The second-order valence-electron chi connectivity index (χ2n) is 3.53. The first kappa shape index (κ1) is 11.6. The molecule has 2 aromatic heterocycles. The average Bonchev–Trinajstić information content (AvgIpc) is 2.59. The standard InChI is InChI=1S/C11H9ClN2O3/c1-5-9(6(2)17-14-5)8-4-3-7(12)10(13-8)11(15)16/h3-4H,1-2H3,(H,15,16). The first-order valence-electron chi connectivity index (χ1n) is 4.83. The number of halogens is 1. The smallest absolute Gasteiger partial charge is 0.356 e. The second-order valence-corrected chi connectivity index (χ2v) is 3.94. The Morgan fingerprint density at radius 2 is 2.12 bits per heavy atom. The van der Waals surface area contributed by atoms with E-state index in [1.54, 1.807) is 19.9 Å². The van der Waals surface area contributed by atoms with Gasteiger partial charge in [0.1, 0.15) is 5.76 Å². The van der Waals surface area contributed by atoms with Crippen LogP contribution in [0, 0.1) is 13.8 Å². The molecule has 0 amide bonds. The van der Waals surface area contributed by atoms with E-state index in [-0.39, 0.29) is 10.7 Å². The van der Waals surface area contributed by atoms with Crippen LogP contribution in [0.25, 0.3) is 11.3 Å². The summed E-state index contributed by atoms with van der Waals surface area (Å²) in [5.74, 6) is -0.572. The quantitative estimate of drug-likeness (QED) is 0.889. The summed E-state index contributed by atoms with van der Waals surface area (Å²) in [6.45, 7) is 3.51. The molecule has 0 aliphatic heterocycles. The highest BCUT2D eigenvalue weighted by Gasteiger charge is 2.17. The fraction of sp³-hybridized carbons (Fsp3) is 0.182. The minimum absolute atomic E-state index is 0.105. The highest BCUT2D eigenvalue weighted by atomic mass is 35.5. The van der Waals surface area contributed by atoms with E-state index in [2.05, 4.69) is 10.1 Å². The normalized spacial score (nSPS) is 10.5. The fourth-order valence-corrected chi connectivity index (χ4v) is 1.77. The van der Waals surface area contributed by atoms with Gasteiger partial charge in [-0.15, -0.1) is 0 Å². The second kappa shape index (κ2) is 4.18. The Balaban J connectivity index is 2.62. The zero-order valence-electron chi connectivity index (χ0n) is 9.19. The molecule has 2 aromatic rings. The van der Waals surface area contributed by atoms with Crippen molar-refractivity contribution in [3.63, 3.8) is 0 Å². The molecule has 2 rings (SSSR count). The highest BCUT2D eigenvalue weighted by Crippen LogP contribution is 2.27. The van der Waals surface area contributed by atoms with Crippen molar-refractivity contribution in [2.75, 3.05) is 0 Å². The zero-order chi connectivity index (χ0) is 12.6. The van der Waals surface area contributed by atoms with Crippen LogP contribution < -0.4 is 0 Å². The fourth-order valence-electron chi connectivity index (χ4n) is 1.58. The molecule has 88 valence electrons. The molecule has 0 saturated heterocycles. The van der Waals surface area contributed by atoms with Crippen LogP contribution in [0.15, 0.2) is 16.7 Å². The molecule has 17 heavy (non-hydrogen) atoms. The van der Waals surface area contributed by atoms with Gasteiger partial charge in [-0.05, 0) is 26.0 Å². The van der Waals surface area contributed by atoms with E-state index >= 15 is 0 Å². The maximum atomic E-state index is 10.9. The molecule has 0 saturated carbocycles. The van der Waals surface area contributed by atoms with E-state index in [1.165, 1.54) is 6.07 Å². The van der Waals surface area contributed by atoms with E-state index in [0.717, 1.165) is 0 Å². The summed E-state index contributed by atoms with van der Waals surface area (Å²) in [5.41, 5.74) is 1.67. The predicted octanol–water partition coefficient (Wildman–Crippen LogP) is 2.71. The first-order chi connectivity index (χ1) is 8.00. The van der Waals surface area contributed by atoms with E-state index < -0.39 is 5.97 Å². The van der Waals surface area contributed by atoms with Gasteiger partial charge in [-0.1, -0.05) is 16.8 Å². The van der Waals surface area contributed by atoms with Crippen LogP contribution >= 0.6 is 11.6 Å². The van der Waals surface area contributed by atoms with Gasteiger partial charge in [0, 0.05) is 0 Å². The van der Waals surface area contributed by atoms with Crippen LogP contribution in [0.2, 0.25) is 5.02 Å². The molecule has 5 nitrogen and oxygen atoms in total. The molecule has 0 spiro atoms. The number of aryl methyl sites for hydroxylation is 2. The number of carboxylic acid groups (broad SMARTS) is 1. The average molecular weight is 253 g/mol. The Hall–Kier alpha value is -1.88. The van der Waals surface area contributed by atoms with E-state index in [1.807, 2.05) is 0 Å². The Morgan fingerprint density at radius 1 is 1.41 bits per heavy atom. The van der Waals surface area contributed by atoms with Gasteiger partial charge < -0.3 is 9.63 Å². The number of nitrogens with zero attached hydrogens (tertiary/aromatic N) is 2. The van der Waals surface area contributed by atoms with Crippen molar-refractivity contribution in [3.8, 4) is 11.3 Å². The molecule has 0 aromatic carbocycles. The lowest BCUT2D eigenvalue weighted by molar-refractivity contribution is 0.0691. The number of aromatic nitrogens is 2. The molecule has 1 N–H and O–H groups in total. The number of carboxylic acids is 1. The summed E-state index contributed by atoms with van der Waals surface area (Å²) >= 11 is 5.75. The van der Waals surface area contributed by atoms with Gasteiger partial charge in [-0.2, -0.15) is 0 Å². The molecule has 2 heterocycles. The summed E-state index contributed by atoms with van der Waals surface area (Å²) in [4.78, 5) is 14.9. The molecule has 0 radical (unpaired) electrons. The summed E-state index contributed by atoms with van der Waals surface area (Å²) in [6, 6.07) is 3.14. The van der Waals surface area contributed by atoms with E-state index in [4.69, 9.17) is 21.2 Å². The molecular formula is C11H9ClN2O3. The lowest BCUT2D eigenvalue weighted by Crippen LogP contribution is -2.02. The summed E-state index contributed by atoms with van der Waals surface area (Å²) in [5, 5.41) is 12.8. The highest BCUT2D eigenvalue weighted by molar-refractivity contribution is 6.33. The number of carbonyl (C=O) groups is 1. The van der Waals surface area contributed by atoms with Crippen molar-refractivity contribution in [2.24, 2.45) is 0 Å². The Morgan fingerprint density at radius 3 is 2.65 bits per heavy atom. The minimum Gasteiger partial charge on any atom is -0.476 e. The van der Waals surface area contributed by atoms with Gasteiger partial charge in [-0.25, -0.2) is 9.78 Å². The lowest BCUT2D eigenvalue weighted by Gasteiger charge is -2.02. The van der Waals surface area contributed by atoms with Crippen molar-refractivity contribution < 1.29 is 14.4 Å². The van der Waals surface area contributed by atoms with Gasteiger partial charge in [0.2, 0.25) is 0 Å². The monoisotopic (exact) mass is 252 g/mol. The van der Waals surface area contributed by atoms with E-state index in [9.17, 15) is 4.79 Å². The lowest BCUT2D eigenvalue weighted by atomic mass is 10.1. The molecule has 0 aliphatic rings. The van der Waals surface area contributed by atoms with Crippen molar-refractivity contribution in [1.82, 2.24) is 10.1 Å². The Bertz CT molecular complexity index is 573. The summed E-state index contributed by atoms with van der Waals surface area (Å²) < 4.78 is 5.01. The Kier molecular flexibility index (Phi) is 2.85. The van der Waals surface area contributed by atoms with Crippen molar-refractivity contribution in [3.05, 3.63) is 34.3 Å². The Labute approximate surface area is 102 Å². The van der Waals surface area contributed by atoms with Crippen LogP contribution in [0.3, 0.4) is 0 Å². The number of rotatable bonds is 2. The third-order valence-electron chi connectivity index (χ3n) is 2.34. The van der Waals surface area contributed by atoms with Gasteiger partial charge >= 0.3 is 5.97 Å². The molecule has 0 unspecified atom stereocenters.